The van der Waals surface area contributed by atoms with Gasteiger partial charge >= 0.3 is 0 Å². The lowest BCUT2D eigenvalue weighted by atomic mass is 9.78. The SMILES string of the molecule is CC(C)(C)c1cc(C(=O)NCCCn2ccnc2)cc(C(C)(C)C)c1O. The number of aromatic nitrogens is 2. The number of aromatic hydroxyl groups is 1. The number of carbonyl (C=O) groups excluding carboxylic acids is 1. The molecule has 0 aliphatic heterocycles. The number of phenolic OH excluding ortho intramolecular Hbond substituents is 1. The summed E-state index contributed by atoms with van der Waals surface area (Å²) >= 11 is 0. The van der Waals surface area contributed by atoms with Crippen molar-refractivity contribution in [3.8, 4) is 5.75 Å². The summed E-state index contributed by atoms with van der Waals surface area (Å²) in [7, 11) is 0. The fourth-order valence-electron chi connectivity index (χ4n) is 2.89. The van der Waals surface area contributed by atoms with E-state index in [1.807, 2.05) is 64.4 Å². The second-order valence-corrected chi connectivity index (χ2v) is 8.83. The summed E-state index contributed by atoms with van der Waals surface area (Å²) in [5.74, 6) is 0.188. The lowest BCUT2D eigenvalue weighted by molar-refractivity contribution is 0.0952. The molecule has 0 unspecified atom stereocenters. The van der Waals surface area contributed by atoms with Gasteiger partial charge < -0.3 is 15.0 Å². The molecule has 5 heteroatoms. The third kappa shape index (κ3) is 4.87. The van der Waals surface area contributed by atoms with Gasteiger partial charge in [0.05, 0.1) is 6.33 Å². The zero-order valence-electron chi connectivity index (χ0n) is 16.8. The number of nitrogens with zero attached hydrogens (tertiary/aromatic N) is 2. The Kier molecular flexibility index (Phi) is 5.79. The first-order valence-electron chi connectivity index (χ1n) is 9.12. The van der Waals surface area contributed by atoms with Gasteiger partial charge in [-0.15, -0.1) is 0 Å². The Bertz CT molecular complexity index is 716. The van der Waals surface area contributed by atoms with Crippen LogP contribution in [0.15, 0.2) is 30.9 Å². The fraction of sp³-hybridized carbons (Fsp3) is 0.524. The van der Waals surface area contributed by atoms with E-state index in [1.165, 1.54) is 0 Å². The van der Waals surface area contributed by atoms with Crippen molar-refractivity contribution in [1.29, 1.82) is 0 Å². The first-order chi connectivity index (χ1) is 12.0. The first kappa shape index (κ1) is 20.0. The van der Waals surface area contributed by atoms with Crippen LogP contribution < -0.4 is 5.32 Å². The third-order valence-electron chi connectivity index (χ3n) is 4.43. The van der Waals surface area contributed by atoms with E-state index < -0.39 is 0 Å². The van der Waals surface area contributed by atoms with Crippen LogP contribution in [0, 0.1) is 0 Å². The van der Waals surface area contributed by atoms with Crippen LogP contribution in [0.4, 0.5) is 0 Å². The summed E-state index contributed by atoms with van der Waals surface area (Å²) in [4.78, 5) is 16.7. The van der Waals surface area contributed by atoms with Crippen LogP contribution in [-0.4, -0.2) is 27.1 Å². The van der Waals surface area contributed by atoms with Crippen molar-refractivity contribution < 1.29 is 9.90 Å². The van der Waals surface area contributed by atoms with Gasteiger partial charge in [0.15, 0.2) is 0 Å². The number of hydrogen-bond acceptors (Lipinski definition) is 3. The molecule has 0 saturated heterocycles. The molecule has 0 bridgehead atoms. The van der Waals surface area contributed by atoms with Gasteiger partial charge in [-0.1, -0.05) is 41.5 Å². The second kappa shape index (κ2) is 7.52. The Morgan fingerprint density at radius 3 is 2.15 bits per heavy atom. The van der Waals surface area contributed by atoms with E-state index >= 15 is 0 Å². The molecule has 142 valence electrons. The van der Waals surface area contributed by atoms with Crippen molar-refractivity contribution in [3.63, 3.8) is 0 Å². The van der Waals surface area contributed by atoms with Crippen molar-refractivity contribution in [2.45, 2.75) is 65.3 Å². The van der Waals surface area contributed by atoms with E-state index in [1.54, 1.807) is 12.5 Å². The normalized spacial score (nSPS) is 12.2. The Morgan fingerprint density at radius 1 is 1.12 bits per heavy atom. The molecular weight excluding hydrogens is 326 g/mol. The summed E-state index contributed by atoms with van der Waals surface area (Å²) < 4.78 is 1.99. The van der Waals surface area contributed by atoms with E-state index in [2.05, 4.69) is 10.3 Å². The highest BCUT2D eigenvalue weighted by Crippen LogP contribution is 2.39. The Morgan fingerprint density at radius 2 is 1.69 bits per heavy atom. The predicted octanol–water partition coefficient (Wildman–Crippen LogP) is 4.00. The molecule has 0 saturated carbocycles. The minimum absolute atomic E-state index is 0.105. The van der Waals surface area contributed by atoms with E-state index in [-0.39, 0.29) is 16.7 Å². The number of nitrogens with one attached hydrogen (secondary N) is 1. The molecule has 1 amide bonds. The standard InChI is InChI=1S/C21H31N3O2/c1-20(2,3)16-12-15(13-17(18(16)25)21(4,5)6)19(26)23-8-7-10-24-11-9-22-14-24/h9,11-14,25H,7-8,10H2,1-6H3,(H,23,26). The van der Waals surface area contributed by atoms with Crippen LogP contribution in [0.25, 0.3) is 0 Å². The lowest BCUT2D eigenvalue weighted by Crippen LogP contribution is -2.27. The summed E-state index contributed by atoms with van der Waals surface area (Å²) in [6, 6.07) is 3.63. The first-order valence-corrected chi connectivity index (χ1v) is 9.12. The van der Waals surface area contributed by atoms with E-state index in [9.17, 15) is 9.90 Å². The molecule has 1 aromatic carbocycles. The molecule has 0 fully saturated rings. The van der Waals surface area contributed by atoms with Crippen molar-refractivity contribution in [2.24, 2.45) is 0 Å². The zero-order chi connectivity index (χ0) is 19.5. The maximum Gasteiger partial charge on any atom is 0.251 e. The number of amides is 1. The fourth-order valence-corrected chi connectivity index (χ4v) is 2.89. The molecule has 0 spiro atoms. The lowest BCUT2D eigenvalue weighted by Gasteiger charge is -2.28. The summed E-state index contributed by atoms with van der Waals surface area (Å²) in [5, 5.41) is 13.7. The van der Waals surface area contributed by atoms with Crippen LogP contribution >= 0.6 is 0 Å². The van der Waals surface area contributed by atoms with Gasteiger partial charge in [-0.3, -0.25) is 4.79 Å². The molecule has 5 nitrogen and oxygen atoms in total. The van der Waals surface area contributed by atoms with E-state index in [0.717, 1.165) is 24.1 Å². The van der Waals surface area contributed by atoms with Crippen molar-refractivity contribution >= 4 is 5.91 Å². The van der Waals surface area contributed by atoms with E-state index in [4.69, 9.17) is 0 Å². The third-order valence-corrected chi connectivity index (χ3v) is 4.43. The predicted molar refractivity (Wildman–Crippen MR) is 105 cm³/mol. The summed E-state index contributed by atoms with van der Waals surface area (Å²) in [6.07, 6.45) is 6.26. The van der Waals surface area contributed by atoms with Crippen LogP contribution in [0.1, 0.15) is 69.4 Å². The molecular formula is C21H31N3O2. The number of benzene rings is 1. The number of imidazole rings is 1. The van der Waals surface area contributed by atoms with Gasteiger partial charge in [0.25, 0.3) is 5.91 Å². The summed E-state index contributed by atoms with van der Waals surface area (Å²) in [6.45, 7) is 13.7. The van der Waals surface area contributed by atoms with Gasteiger partial charge in [0.2, 0.25) is 0 Å². The quantitative estimate of drug-likeness (QED) is 0.795. The van der Waals surface area contributed by atoms with Crippen LogP contribution in [0.3, 0.4) is 0 Å². The maximum absolute atomic E-state index is 12.7. The van der Waals surface area contributed by atoms with Gasteiger partial charge in [-0.05, 0) is 29.4 Å². The highest BCUT2D eigenvalue weighted by atomic mass is 16.3. The minimum atomic E-state index is -0.248. The zero-order valence-corrected chi connectivity index (χ0v) is 16.8. The Hall–Kier alpha value is -2.30. The molecule has 26 heavy (non-hydrogen) atoms. The monoisotopic (exact) mass is 357 g/mol. The molecule has 2 aromatic rings. The highest BCUT2D eigenvalue weighted by Gasteiger charge is 2.27. The molecule has 0 aliphatic carbocycles. The molecule has 2 rings (SSSR count). The molecule has 0 atom stereocenters. The number of rotatable bonds is 5. The Balaban J connectivity index is 2.17. The number of aryl methyl sites for hydroxylation is 1. The van der Waals surface area contributed by atoms with E-state index in [0.29, 0.717) is 17.9 Å². The molecule has 0 aliphatic rings. The van der Waals surface area contributed by atoms with Gasteiger partial charge in [-0.2, -0.15) is 0 Å². The second-order valence-electron chi connectivity index (χ2n) is 8.83. The van der Waals surface area contributed by atoms with Crippen LogP contribution in [-0.2, 0) is 17.4 Å². The van der Waals surface area contributed by atoms with Gasteiger partial charge in [0, 0.05) is 42.2 Å². The molecule has 1 heterocycles. The largest absolute Gasteiger partial charge is 0.507 e. The molecule has 1 aromatic heterocycles. The van der Waals surface area contributed by atoms with Crippen LogP contribution in [0.2, 0.25) is 0 Å². The van der Waals surface area contributed by atoms with Crippen molar-refractivity contribution in [3.05, 3.63) is 47.5 Å². The average Bonchev–Trinajstić information content (AvgIpc) is 3.02. The molecule has 2 N–H and O–H groups in total. The topological polar surface area (TPSA) is 67.2 Å². The van der Waals surface area contributed by atoms with Crippen molar-refractivity contribution in [1.82, 2.24) is 14.9 Å². The van der Waals surface area contributed by atoms with Gasteiger partial charge in [0.1, 0.15) is 5.75 Å². The minimum Gasteiger partial charge on any atom is -0.507 e. The number of hydrogen-bond donors (Lipinski definition) is 2. The summed E-state index contributed by atoms with van der Waals surface area (Å²) in [5.41, 5.74) is 1.70. The Labute approximate surface area is 156 Å². The number of phenols is 1. The average molecular weight is 357 g/mol. The smallest absolute Gasteiger partial charge is 0.251 e. The van der Waals surface area contributed by atoms with Gasteiger partial charge in [-0.25, -0.2) is 4.98 Å². The van der Waals surface area contributed by atoms with Crippen LogP contribution in [0.5, 0.6) is 5.75 Å². The molecule has 0 radical (unpaired) electrons. The number of carbonyl (C=O) groups is 1. The highest BCUT2D eigenvalue weighted by molar-refractivity contribution is 5.95. The van der Waals surface area contributed by atoms with Crippen molar-refractivity contribution in [2.75, 3.05) is 6.54 Å². The maximum atomic E-state index is 12.7.